The Morgan fingerprint density at radius 1 is 0.277 bits per heavy atom. The summed E-state index contributed by atoms with van der Waals surface area (Å²) in [6.45, 7) is 0. The molecule has 12 aromatic rings. The van der Waals surface area contributed by atoms with Crippen molar-refractivity contribution >= 4 is 77.6 Å². The molecule has 0 N–H and O–H groups in total. The first kappa shape index (κ1) is 38.0. The molecule has 306 valence electrons. The zero-order valence-electron chi connectivity index (χ0n) is 35.6. The minimum absolute atomic E-state index is 0.893. The molecule has 0 saturated carbocycles. The standard InChI is InChI=1S/C62H42N2O/c1-5-17-43(18-6-1)45-31-36-50(37-32-45)63(48-21-9-3-10-22-48)52-41-47-35-40-54-53(57-28-16-29-58-55-25-13-14-30-60(55)65-62(57)58)26-15-27-56(54)61(47)59(42-52)64(49-23-11-4-12-24-49)51-38-33-46(34-39-51)44-19-7-2-8-20-44/h1-42H. The van der Waals surface area contributed by atoms with Crippen LogP contribution in [0.4, 0.5) is 34.1 Å². The molecule has 12 rings (SSSR count). The molecule has 0 unspecified atom stereocenters. The van der Waals surface area contributed by atoms with E-state index in [0.717, 1.165) is 88.7 Å². The van der Waals surface area contributed by atoms with Gasteiger partial charge in [0.25, 0.3) is 0 Å². The molecule has 11 aromatic carbocycles. The molecule has 0 aliphatic rings. The Balaban J connectivity index is 1.12. The summed E-state index contributed by atoms with van der Waals surface area (Å²) in [5, 5.41) is 6.86. The molecule has 0 fully saturated rings. The first-order valence-corrected chi connectivity index (χ1v) is 22.2. The van der Waals surface area contributed by atoms with Gasteiger partial charge in [0.1, 0.15) is 11.2 Å². The highest BCUT2D eigenvalue weighted by molar-refractivity contribution is 6.21. The van der Waals surface area contributed by atoms with Gasteiger partial charge in [0, 0.05) is 50.2 Å². The van der Waals surface area contributed by atoms with E-state index in [1.165, 1.54) is 22.3 Å². The van der Waals surface area contributed by atoms with Gasteiger partial charge in [0.05, 0.1) is 5.69 Å². The van der Waals surface area contributed by atoms with E-state index in [1.807, 2.05) is 6.07 Å². The molecule has 65 heavy (non-hydrogen) atoms. The average molecular weight is 831 g/mol. The van der Waals surface area contributed by atoms with Crippen LogP contribution in [-0.4, -0.2) is 0 Å². The van der Waals surface area contributed by atoms with Gasteiger partial charge in [-0.05, 0) is 111 Å². The summed E-state index contributed by atoms with van der Waals surface area (Å²) in [6.07, 6.45) is 0. The van der Waals surface area contributed by atoms with Crippen LogP contribution >= 0.6 is 0 Å². The Labute approximate surface area is 378 Å². The van der Waals surface area contributed by atoms with Crippen LogP contribution in [0.5, 0.6) is 0 Å². The van der Waals surface area contributed by atoms with E-state index < -0.39 is 0 Å². The van der Waals surface area contributed by atoms with Crippen molar-refractivity contribution in [3.63, 3.8) is 0 Å². The van der Waals surface area contributed by atoms with E-state index >= 15 is 0 Å². The second kappa shape index (κ2) is 16.2. The second-order valence-corrected chi connectivity index (χ2v) is 16.5. The summed E-state index contributed by atoms with van der Waals surface area (Å²) < 4.78 is 6.64. The predicted octanol–water partition coefficient (Wildman–Crippen LogP) is 17.8. The van der Waals surface area contributed by atoms with Crippen LogP contribution in [0, 0.1) is 0 Å². The van der Waals surface area contributed by atoms with Crippen LogP contribution in [0.25, 0.3) is 76.9 Å². The van der Waals surface area contributed by atoms with Crippen LogP contribution in [0.3, 0.4) is 0 Å². The molecule has 0 bridgehead atoms. The number of para-hydroxylation sites is 4. The maximum absolute atomic E-state index is 6.64. The van der Waals surface area contributed by atoms with Gasteiger partial charge >= 0.3 is 0 Å². The molecular weight excluding hydrogens is 789 g/mol. The van der Waals surface area contributed by atoms with Gasteiger partial charge in [0.2, 0.25) is 0 Å². The lowest BCUT2D eigenvalue weighted by molar-refractivity contribution is 0.670. The minimum atomic E-state index is 0.893. The Morgan fingerprint density at radius 2 is 0.754 bits per heavy atom. The smallest absolute Gasteiger partial charge is 0.143 e. The van der Waals surface area contributed by atoms with Crippen LogP contribution in [-0.2, 0) is 0 Å². The molecule has 3 nitrogen and oxygen atoms in total. The van der Waals surface area contributed by atoms with E-state index in [4.69, 9.17) is 4.42 Å². The number of anilines is 6. The monoisotopic (exact) mass is 830 g/mol. The van der Waals surface area contributed by atoms with Crippen molar-refractivity contribution in [1.29, 1.82) is 0 Å². The lowest BCUT2D eigenvalue weighted by Gasteiger charge is -2.31. The topological polar surface area (TPSA) is 19.6 Å². The third kappa shape index (κ3) is 6.87. The first-order chi connectivity index (χ1) is 32.2. The van der Waals surface area contributed by atoms with Crippen molar-refractivity contribution in [3.05, 3.63) is 255 Å². The Bertz CT molecular complexity index is 3620. The number of furan rings is 1. The lowest BCUT2D eigenvalue weighted by Crippen LogP contribution is -2.14. The van der Waals surface area contributed by atoms with Gasteiger partial charge in [-0.3, -0.25) is 0 Å². The highest BCUT2D eigenvalue weighted by Gasteiger charge is 2.23. The first-order valence-electron chi connectivity index (χ1n) is 22.2. The lowest BCUT2D eigenvalue weighted by atomic mass is 9.92. The fraction of sp³-hybridized carbons (Fsp3) is 0. The molecule has 1 aromatic heterocycles. The van der Waals surface area contributed by atoms with Gasteiger partial charge in [-0.15, -0.1) is 0 Å². The van der Waals surface area contributed by atoms with Gasteiger partial charge in [-0.1, -0.05) is 188 Å². The largest absolute Gasteiger partial charge is 0.455 e. The number of nitrogens with zero attached hydrogens (tertiary/aromatic N) is 2. The number of benzene rings is 11. The van der Waals surface area contributed by atoms with E-state index in [0.29, 0.717) is 0 Å². The fourth-order valence-electron chi connectivity index (χ4n) is 9.59. The molecule has 1 heterocycles. The minimum Gasteiger partial charge on any atom is -0.455 e. The highest BCUT2D eigenvalue weighted by atomic mass is 16.3. The van der Waals surface area contributed by atoms with Gasteiger partial charge in [-0.2, -0.15) is 0 Å². The molecule has 0 saturated heterocycles. The van der Waals surface area contributed by atoms with E-state index in [1.54, 1.807) is 0 Å². The number of hydrogen-bond donors (Lipinski definition) is 0. The quantitative estimate of drug-likeness (QED) is 0.135. The van der Waals surface area contributed by atoms with Crippen LogP contribution in [0.15, 0.2) is 259 Å². The third-order valence-electron chi connectivity index (χ3n) is 12.6. The summed E-state index contributed by atoms with van der Waals surface area (Å²) in [4.78, 5) is 4.80. The molecule has 0 atom stereocenters. The fourth-order valence-corrected chi connectivity index (χ4v) is 9.59. The van der Waals surface area contributed by atoms with Crippen molar-refractivity contribution in [2.24, 2.45) is 0 Å². The van der Waals surface area contributed by atoms with Gasteiger partial charge in [0.15, 0.2) is 0 Å². The summed E-state index contributed by atoms with van der Waals surface area (Å²) in [5.74, 6) is 0. The Morgan fingerprint density at radius 3 is 1.38 bits per heavy atom. The summed E-state index contributed by atoms with van der Waals surface area (Å²) in [7, 11) is 0. The summed E-state index contributed by atoms with van der Waals surface area (Å²) >= 11 is 0. The molecule has 0 aliphatic carbocycles. The zero-order chi connectivity index (χ0) is 43.1. The van der Waals surface area contributed by atoms with Gasteiger partial charge in [-0.25, -0.2) is 0 Å². The van der Waals surface area contributed by atoms with Crippen molar-refractivity contribution in [3.8, 4) is 33.4 Å². The third-order valence-corrected chi connectivity index (χ3v) is 12.6. The predicted molar refractivity (Wildman–Crippen MR) is 274 cm³/mol. The highest BCUT2D eigenvalue weighted by Crippen LogP contribution is 2.48. The molecule has 0 radical (unpaired) electrons. The second-order valence-electron chi connectivity index (χ2n) is 16.5. The Hall–Kier alpha value is -8.66. The zero-order valence-corrected chi connectivity index (χ0v) is 35.6. The Kier molecular flexibility index (Phi) is 9.50. The van der Waals surface area contributed by atoms with Crippen molar-refractivity contribution < 1.29 is 4.42 Å². The molecular formula is C62H42N2O. The number of hydrogen-bond acceptors (Lipinski definition) is 3. The van der Waals surface area contributed by atoms with Crippen molar-refractivity contribution in [2.45, 2.75) is 0 Å². The van der Waals surface area contributed by atoms with E-state index in [9.17, 15) is 0 Å². The summed E-state index contributed by atoms with van der Waals surface area (Å²) in [5.41, 5.74) is 15.1. The average Bonchev–Trinajstić information content (AvgIpc) is 3.77. The SMILES string of the molecule is c1ccc(-c2ccc(N(c3ccccc3)c3cc(N(c4ccccc4)c4ccc(-c5ccccc5)cc4)c4c(ccc5c(-c6cccc7c6oc6ccccc67)cccc54)c3)cc2)cc1. The molecule has 0 aliphatic heterocycles. The molecule has 0 spiro atoms. The van der Waals surface area contributed by atoms with Crippen LogP contribution in [0.2, 0.25) is 0 Å². The number of rotatable bonds is 9. The van der Waals surface area contributed by atoms with E-state index in [2.05, 4.69) is 259 Å². The van der Waals surface area contributed by atoms with Crippen molar-refractivity contribution in [1.82, 2.24) is 0 Å². The van der Waals surface area contributed by atoms with Crippen LogP contribution in [0.1, 0.15) is 0 Å². The van der Waals surface area contributed by atoms with Crippen molar-refractivity contribution in [2.75, 3.05) is 9.80 Å². The summed E-state index contributed by atoms with van der Waals surface area (Å²) in [6, 6.07) is 91.4. The maximum atomic E-state index is 6.64. The van der Waals surface area contributed by atoms with E-state index in [-0.39, 0.29) is 0 Å². The molecule has 0 amide bonds. The van der Waals surface area contributed by atoms with Crippen LogP contribution < -0.4 is 9.80 Å². The number of fused-ring (bicyclic) bond motifs is 6. The maximum Gasteiger partial charge on any atom is 0.143 e. The normalized spacial score (nSPS) is 11.4. The molecule has 3 heteroatoms. The van der Waals surface area contributed by atoms with Gasteiger partial charge < -0.3 is 14.2 Å².